The lowest BCUT2D eigenvalue weighted by molar-refractivity contribution is -0.120. The van der Waals surface area contributed by atoms with Crippen molar-refractivity contribution in [3.8, 4) is 0 Å². The first-order chi connectivity index (χ1) is 24.1. The number of benzene rings is 3. The van der Waals surface area contributed by atoms with E-state index in [1.54, 1.807) is 0 Å². The number of ether oxygens (including phenoxy) is 2. The molecule has 3 aromatic carbocycles. The van der Waals surface area contributed by atoms with Gasteiger partial charge >= 0.3 is 6.09 Å². The minimum absolute atomic E-state index is 0.125. The number of nitrogens with one attached hydrogen (secondary N) is 3. The number of morpholine rings is 1. The van der Waals surface area contributed by atoms with Gasteiger partial charge in [0.05, 0.1) is 43.1 Å². The molecule has 50 heavy (non-hydrogen) atoms. The first-order valence-electron chi connectivity index (χ1n) is 16.4. The van der Waals surface area contributed by atoms with Crippen molar-refractivity contribution in [1.29, 1.82) is 0 Å². The molecule has 0 bridgehead atoms. The van der Waals surface area contributed by atoms with Gasteiger partial charge in [0.2, 0.25) is 0 Å². The van der Waals surface area contributed by atoms with Crippen molar-refractivity contribution < 1.29 is 32.2 Å². The van der Waals surface area contributed by atoms with Gasteiger partial charge in [-0.05, 0) is 96.5 Å². The van der Waals surface area contributed by atoms with Crippen LogP contribution in [-0.4, -0.2) is 59.2 Å². The van der Waals surface area contributed by atoms with Crippen molar-refractivity contribution in [3.05, 3.63) is 130 Å². The third-order valence-corrected chi connectivity index (χ3v) is 9.31. The Bertz CT molecular complexity index is 1890. The average molecular weight is 686 g/mol. The van der Waals surface area contributed by atoms with Crippen LogP contribution < -0.4 is 10.6 Å². The predicted molar refractivity (Wildman–Crippen MR) is 181 cm³/mol. The number of hydrogen-bond donors (Lipinski definition) is 3. The van der Waals surface area contributed by atoms with Crippen LogP contribution in [0.1, 0.15) is 57.6 Å². The zero-order valence-corrected chi connectivity index (χ0v) is 27.9. The predicted octanol–water partition coefficient (Wildman–Crippen LogP) is 6.32. The lowest BCUT2D eigenvalue weighted by atomic mass is 9.81. The van der Waals surface area contributed by atoms with Crippen molar-refractivity contribution in [2.45, 2.75) is 57.2 Å². The molecule has 6 rings (SSSR count). The third kappa shape index (κ3) is 7.87. The second-order valence-electron chi connectivity index (χ2n) is 12.6. The number of carbonyl (C=O) groups is 2. The smallest absolute Gasteiger partial charge is 0.407 e. The molecule has 0 aliphatic carbocycles. The summed E-state index contributed by atoms with van der Waals surface area (Å²) in [5, 5.41) is 6.10. The highest BCUT2D eigenvalue weighted by Gasteiger charge is 2.34. The second kappa shape index (κ2) is 15.2. The van der Waals surface area contributed by atoms with E-state index in [1.165, 1.54) is 73.0 Å². The topological polar surface area (TPSA) is 118 Å². The molecule has 0 saturated carbocycles. The van der Waals surface area contributed by atoms with Crippen molar-refractivity contribution >= 4 is 22.9 Å². The fourth-order valence-corrected chi connectivity index (χ4v) is 6.43. The number of halogens is 3. The summed E-state index contributed by atoms with van der Waals surface area (Å²) >= 11 is 0. The number of fused-ring (bicyclic) bond motifs is 1. The fraction of sp³-hybridized carbons (Fsp3) is 0.316. The summed E-state index contributed by atoms with van der Waals surface area (Å²) in [5.74, 6) is -2.06. The van der Waals surface area contributed by atoms with Crippen LogP contribution in [0.25, 0.3) is 11.0 Å². The van der Waals surface area contributed by atoms with Crippen LogP contribution in [0.15, 0.2) is 73.1 Å². The summed E-state index contributed by atoms with van der Waals surface area (Å²) in [6, 6.07) is 13.7. The molecular formula is C38H38F3N5O4. The number of hydrogen-bond acceptors (Lipinski definition) is 7. The molecule has 1 saturated heterocycles. The van der Waals surface area contributed by atoms with Crippen LogP contribution in [0, 0.1) is 31.3 Å². The lowest BCUT2D eigenvalue weighted by Gasteiger charge is -2.30. The van der Waals surface area contributed by atoms with Crippen molar-refractivity contribution in [2.24, 2.45) is 0 Å². The highest BCUT2D eigenvalue weighted by Crippen LogP contribution is 2.31. The Morgan fingerprint density at radius 2 is 1.64 bits per heavy atom. The molecule has 0 radical (unpaired) electrons. The van der Waals surface area contributed by atoms with E-state index in [-0.39, 0.29) is 25.0 Å². The Hall–Kier alpha value is -5.07. The molecular weight excluding hydrogens is 647 g/mol. The van der Waals surface area contributed by atoms with Crippen molar-refractivity contribution in [3.63, 3.8) is 0 Å². The molecule has 1 aliphatic heterocycles. The molecule has 0 spiro atoms. The first kappa shape index (κ1) is 34.8. The molecule has 1 fully saturated rings. The van der Waals surface area contributed by atoms with Gasteiger partial charge in [0, 0.05) is 25.1 Å². The van der Waals surface area contributed by atoms with E-state index < -0.39 is 41.3 Å². The number of aromatic nitrogens is 3. The fourth-order valence-electron chi connectivity index (χ4n) is 6.43. The maximum absolute atomic E-state index is 15.3. The molecule has 260 valence electrons. The quantitative estimate of drug-likeness (QED) is 0.149. The molecule has 2 aromatic heterocycles. The summed E-state index contributed by atoms with van der Waals surface area (Å²) in [7, 11) is 1.17. The summed E-state index contributed by atoms with van der Waals surface area (Å²) in [6.07, 6.45) is 1.93. The van der Waals surface area contributed by atoms with Gasteiger partial charge in [-0.1, -0.05) is 24.3 Å². The van der Waals surface area contributed by atoms with Gasteiger partial charge < -0.3 is 25.1 Å². The highest BCUT2D eigenvalue weighted by molar-refractivity contribution is 5.91. The number of Topliss-reactive ketones (excluding diaryl/α,β-unsaturated/α-hetero) is 1. The molecule has 1 amide bonds. The number of aromatic amines is 1. The zero-order chi connectivity index (χ0) is 35.4. The van der Waals surface area contributed by atoms with Crippen LogP contribution in [0.4, 0.5) is 18.0 Å². The van der Waals surface area contributed by atoms with E-state index in [1.807, 2.05) is 0 Å². The van der Waals surface area contributed by atoms with E-state index >= 15 is 4.39 Å². The van der Waals surface area contributed by atoms with Gasteiger partial charge in [0.15, 0.2) is 5.78 Å². The number of pyridine rings is 1. The van der Waals surface area contributed by atoms with Crippen molar-refractivity contribution in [1.82, 2.24) is 25.6 Å². The Morgan fingerprint density at radius 3 is 2.26 bits per heavy atom. The Labute approximate surface area is 287 Å². The van der Waals surface area contributed by atoms with Crippen molar-refractivity contribution in [2.75, 3.05) is 20.3 Å². The Balaban J connectivity index is 1.18. The number of ketones is 1. The van der Waals surface area contributed by atoms with Crippen LogP contribution in [0.2, 0.25) is 0 Å². The maximum Gasteiger partial charge on any atom is 0.407 e. The molecule has 12 heteroatoms. The van der Waals surface area contributed by atoms with Gasteiger partial charge in [-0.3, -0.25) is 9.78 Å². The lowest BCUT2D eigenvalue weighted by Crippen LogP contribution is -2.46. The van der Waals surface area contributed by atoms with E-state index in [9.17, 15) is 18.4 Å². The molecule has 9 nitrogen and oxygen atoms in total. The average Bonchev–Trinajstić information content (AvgIpc) is 3.52. The standard InChI is InChI=1S/C38H38F3N5O4/c1-21-14-31-32(15-22(21)2)45-37(44-31)33-20-50-28(18-43-33)12-13-29-25(17-42-19-30(29)41)16-34(47)36(46-38(48)49-3)35(23-4-8-26(39)9-5-23)24-6-10-27(40)11-7-24/h4-11,14-15,17,19,28,33,35-36,43H,12-13,16,18,20H2,1-3H3,(H,44,45)(H,46,48)/t28-,33+,36-/m1/s1. The number of nitrogens with zero attached hydrogens (tertiary/aromatic N) is 2. The number of alkyl carbamates (subject to hydrolysis) is 1. The normalized spacial score (nSPS) is 16.8. The van der Waals surface area contributed by atoms with Gasteiger partial charge in [-0.25, -0.2) is 22.9 Å². The number of methoxy groups -OCH3 is 1. The number of aryl methyl sites for hydroxylation is 2. The zero-order valence-electron chi connectivity index (χ0n) is 27.9. The molecule has 0 unspecified atom stereocenters. The van der Waals surface area contributed by atoms with Crippen LogP contribution in [-0.2, 0) is 27.1 Å². The van der Waals surface area contributed by atoms with Gasteiger partial charge in [-0.2, -0.15) is 0 Å². The van der Waals surface area contributed by atoms with E-state index in [0.29, 0.717) is 41.8 Å². The monoisotopic (exact) mass is 685 g/mol. The second-order valence-corrected chi connectivity index (χ2v) is 12.6. The summed E-state index contributed by atoms with van der Waals surface area (Å²) in [6.45, 7) is 5.01. The molecule has 3 heterocycles. The molecule has 3 N–H and O–H groups in total. The summed E-state index contributed by atoms with van der Waals surface area (Å²) in [4.78, 5) is 38.8. The minimum Gasteiger partial charge on any atom is -0.453 e. The molecule has 3 atom stereocenters. The minimum atomic E-state index is -1.23. The third-order valence-electron chi connectivity index (χ3n) is 9.31. The van der Waals surface area contributed by atoms with Gasteiger partial charge in [-0.15, -0.1) is 0 Å². The summed E-state index contributed by atoms with van der Waals surface area (Å²) < 4.78 is 54.1. The first-order valence-corrected chi connectivity index (χ1v) is 16.4. The van der Waals surface area contributed by atoms with Gasteiger partial charge in [0.1, 0.15) is 29.3 Å². The number of carbonyl (C=O) groups excluding carboxylic acids is 2. The maximum atomic E-state index is 15.3. The highest BCUT2D eigenvalue weighted by atomic mass is 19.1. The van der Waals surface area contributed by atoms with Crippen LogP contribution >= 0.6 is 0 Å². The van der Waals surface area contributed by atoms with Gasteiger partial charge in [0.25, 0.3) is 0 Å². The van der Waals surface area contributed by atoms with E-state index in [4.69, 9.17) is 14.5 Å². The van der Waals surface area contributed by atoms with E-state index in [0.717, 1.165) is 23.1 Å². The Kier molecular flexibility index (Phi) is 10.6. The van der Waals surface area contributed by atoms with E-state index in [2.05, 4.69) is 46.6 Å². The SMILES string of the molecule is COC(=O)N[C@H](C(=O)Cc1cncc(F)c1CC[C@@H]1CN[C@H](c2nc3cc(C)c(C)cc3[nH]2)CO1)C(c1ccc(F)cc1)c1ccc(F)cc1. The number of amides is 1. The summed E-state index contributed by atoms with van der Waals surface area (Å²) in [5.41, 5.74) is 5.89. The molecule has 1 aliphatic rings. The molecule has 5 aromatic rings. The van der Waals surface area contributed by atoms with Crippen LogP contribution in [0.5, 0.6) is 0 Å². The van der Waals surface area contributed by atoms with Crippen LogP contribution in [0.3, 0.4) is 0 Å². The number of H-pyrrole nitrogens is 1. The largest absolute Gasteiger partial charge is 0.453 e. The Morgan fingerprint density at radius 1 is 0.980 bits per heavy atom. The number of imidazole rings is 1. The number of rotatable bonds is 11.